The van der Waals surface area contributed by atoms with Crippen molar-refractivity contribution >= 4 is 9.84 Å². The third-order valence-corrected chi connectivity index (χ3v) is 6.54. The van der Waals surface area contributed by atoms with Gasteiger partial charge in [-0.3, -0.25) is 0 Å². The lowest BCUT2D eigenvalue weighted by atomic mass is 9.97. The molecule has 1 aromatic heterocycles. The van der Waals surface area contributed by atoms with E-state index in [1.165, 1.54) is 11.1 Å². The fraction of sp³-hybridized carbons (Fsp3) is 0.389. The molecule has 122 valence electrons. The van der Waals surface area contributed by atoms with Gasteiger partial charge in [-0.1, -0.05) is 18.2 Å². The largest absolute Gasteiger partial charge is 0.376 e. The minimum atomic E-state index is -3.42. The normalized spacial score (nSPS) is 15.3. The van der Waals surface area contributed by atoms with Gasteiger partial charge in [-0.15, -0.1) is 0 Å². The van der Waals surface area contributed by atoms with Gasteiger partial charge in [0.1, 0.15) is 0 Å². The zero-order valence-corrected chi connectivity index (χ0v) is 14.5. The summed E-state index contributed by atoms with van der Waals surface area (Å²) in [5.74, 6) is 0. The lowest BCUT2D eigenvalue weighted by molar-refractivity contribution is 0.111. The van der Waals surface area contributed by atoms with Crippen LogP contribution in [0.2, 0.25) is 0 Å². The summed E-state index contributed by atoms with van der Waals surface area (Å²) >= 11 is 0. The van der Waals surface area contributed by atoms with Gasteiger partial charge >= 0.3 is 0 Å². The van der Waals surface area contributed by atoms with Gasteiger partial charge in [0.25, 0.3) is 0 Å². The number of rotatable bonds is 2. The van der Waals surface area contributed by atoms with E-state index in [2.05, 4.69) is 17.1 Å². The molecule has 1 aliphatic rings. The van der Waals surface area contributed by atoms with Crippen LogP contribution in [-0.4, -0.2) is 24.8 Å². The van der Waals surface area contributed by atoms with Gasteiger partial charge in [0.05, 0.1) is 18.0 Å². The predicted octanol–water partition coefficient (Wildman–Crippen LogP) is 3.39. The molecule has 0 unspecified atom stereocenters. The molecule has 0 atom stereocenters. The molecule has 0 amide bonds. The topological polar surface area (TPSA) is 56.3 Å². The van der Waals surface area contributed by atoms with Crippen molar-refractivity contribution in [2.75, 3.05) is 6.61 Å². The third-order valence-electron chi connectivity index (χ3n) is 4.13. The van der Waals surface area contributed by atoms with Gasteiger partial charge in [0.2, 0.25) is 0 Å². The maximum absolute atomic E-state index is 12.4. The number of pyridine rings is 1. The minimum Gasteiger partial charge on any atom is -0.376 e. The fourth-order valence-electron chi connectivity index (χ4n) is 2.57. The molecule has 1 aromatic carbocycles. The average Bonchev–Trinajstić information content (AvgIpc) is 2.53. The van der Waals surface area contributed by atoms with Crippen LogP contribution in [0.1, 0.15) is 31.9 Å². The molecule has 4 nitrogen and oxygen atoms in total. The summed E-state index contributed by atoms with van der Waals surface area (Å²) < 4.78 is 29.4. The molecule has 1 aliphatic heterocycles. The average molecular weight is 331 g/mol. The summed E-state index contributed by atoms with van der Waals surface area (Å²) in [5.41, 5.74) is 4.49. The van der Waals surface area contributed by atoms with Crippen molar-refractivity contribution < 1.29 is 13.2 Å². The minimum absolute atomic E-state index is 0.125. The van der Waals surface area contributed by atoms with Crippen LogP contribution in [0, 0.1) is 0 Å². The van der Waals surface area contributed by atoms with E-state index in [0.717, 1.165) is 24.2 Å². The van der Waals surface area contributed by atoms with E-state index in [1.807, 2.05) is 12.1 Å². The van der Waals surface area contributed by atoms with E-state index in [4.69, 9.17) is 4.74 Å². The van der Waals surface area contributed by atoms with Gasteiger partial charge in [-0.25, -0.2) is 13.4 Å². The fourth-order valence-corrected chi connectivity index (χ4v) is 3.63. The summed E-state index contributed by atoms with van der Waals surface area (Å²) in [4.78, 5) is 4.19. The van der Waals surface area contributed by atoms with Crippen LogP contribution in [0.25, 0.3) is 11.1 Å². The quantitative estimate of drug-likeness (QED) is 0.846. The first-order valence-corrected chi connectivity index (χ1v) is 9.18. The monoisotopic (exact) mass is 331 g/mol. The molecule has 0 spiro atoms. The number of aromatic nitrogens is 1. The Kier molecular flexibility index (Phi) is 4.02. The highest BCUT2D eigenvalue weighted by molar-refractivity contribution is 7.92. The molecule has 0 N–H and O–H groups in total. The molecule has 0 bridgehead atoms. The molecule has 2 heterocycles. The van der Waals surface area contributed by atoms with Crippen molar-refractivity contribution in [3.8, 4) is 11.1 Å². The Labute approximate surface area is 137 Å². The highest BCUT2D eigenvalue weighted by atomic mass is 32.2. The molecule has 23 heavy (non-hydrogen) atoms. The number of fused-ring (bicyclic) bond motifs is 1. The van der Waals surface area contributed by atoms with Crippen LogP contribution in [0.4, 0.5) is 0 Å². The zero-order valence-electron chi connectivity index (χ0n) is 13.7. The van der Waals surface area contributed by atoms with Gasteiger partial charge in [0, 0.05) is 11.8 Å². The third kappa shape index (κ3) is 3.03. The van der Waals surface area contributed by atoms with Gasteiger partial charge < -0.3 is 4.74 Å². The number of ether oxygens (including phenoxy) is 1. The molecule has 2 aromatic rings. The van der Waals surface area contributed by atoms with Gasteiger partial charge in [-0.2, -0.15) is 0 Å². The van der Waals surface area contributed by atoms with Gasteiger partial charge in [0.15, 0.2) is 14.9 Å². The summed E-state index contributed by atoms with van der Waals surface area (Å²) in [6, 6.07) is 9.67. The number of hydrogen-bond donors (Lipinski definition) is 0. The molecule has 0 saturated carbocycles. The molecular weight excluding hydrogens is 310 g/mol. The van der Waals surface area contributed by atoms with E-state index in [1.54, 1.807) is 33.0 Å². The van der Waals surface area contributed by atoms with Crippen molar-refractivity contribution in [1.82, 2.24) is 4.98 Å². The van der Waals surface area contributed by atoms with Crippen molar-refractivity contribution in [2.45, 2.75) is 43.6 Å². The van der Waals surface area contributed by atoms with Crippen molar-refractivity contribution in [3.63, 3.8) is 0 Å². The molecule has 0 fully saturated rings. The molecule has 0 saturated heterocycles. The maximum Gasteiger partial charge on any atom is 0.200 e. The second kappa shape index (κ2) is 5.73. The van der Waals surface area contributed by atoms with E-state index < -0.39 is 14.6 Å². The Morgan fingerprint density at radius 3 is 2.43 bits per heavy atom. The van der Waals surface area contributed by atoms with Crippen LogP contribution < -0.4 is 0 Å². The first-order chi connectivity index (χ1) is 10.8. The Hall–Kier alpha value is -1.72. The highest BCUT2D eigenvalue weighted by Gasteiger charge is 2.31. The first-order valence-electron chi connectivity index (χ1n) is 7.70. The lowest BCUT2D eigenvalue weighted by Gasteiger charge is -2.19. The summed E-state index contributed by atoms with van der Waals surface area (Å²) in [7, 11) is -3.42. The maximum atomic E-state index is 12.4. The summed E-state index contributed by atoms with van der Waals surface area (Å²) in [5, 5.41) is 0.125. The number of sulfone groups is 1. The van der Waals surface area contributed by atoms with Crippen LogP contribution in [0.3, 0.4) is 0 Å². The number of nitrogens with zero attached hydrogens (tertiary/aromatic N) is 1. The summed E-state index contributed by atoms with van der Waals surface area (Å²) in [6.45, 7) is 6.46. The highest BCUT2D eigenvalue weighted by Crippen LogP contribution is 2.27. The second-order valence-corrected chi connectivity index (χ2v) is 9.44. The summed E-state index contributed by atoms with van der Waals surface area (Å²) in [6.07, 6.45) is 2.55. The predicted molar refractivity (Wildman–Crippen MR) is 90.0 cm³/mol. The Morgan fingerprint density at radius 1 is 1.04 bits per heavy atom. The molecule has 0 aliphatic carbocycles. The van der Waals surface area contributed by atoms with Crippen molar-refractivity contribution in [1.29, 1.82) is 0 Å². The van der Waals surface area contributed by atoms with Crippen LogP contribution in [-0.2, 0) is 27.6 Å². The van der Waals surface area contributed by atoms with Crippen molar-refractivity contribution in [3.05, 3.63) is 47.7 Å². The molecular formula is C18H21NO3S. The zero-order chi connectivity index (χ0) is 16.7. The van der Waals surface area contributed by atoms with Gasteiger partial charge in [-0.05, 0) is 56.0 Å². The number of hydrogen-bond acceptors (Lipinski definition) is 4. The second-order valence-electron chi connectivity index (χ2n) is 6.79. The Morgan fingerprint density at radius 2 is 1.78 bits per heavy atom. The lowest BCUT2D eigenvalue weighted by Crippen LogP contribution is -2.28. The SMILES string of the molecule is CC(C)(C)S(=O)(=O)c1ccc(-c2ccc3c(c2)CCOC3)cn1. The van der Waals surface area contributed by atoms with E-state index in [0.29, 0.717) is 6.61 Å². The molecule has 0 radical (unpaired) electrons. The molecule has 5 heteroatoms. The van der Waals surface area contributed by atoms with Crippen LogP contribution in [0.5, 0.6) is 0 Å². The first kappa shape index (κ1) is 16.1. The van der Waals surface area contributed by atoms with E-state index in [-0.39, 0.29) is 5.03 Å². The van der Waals surface area contributed by atoms with E-state index in [9.17, 15) is 8.42 Å². The van der Waals surface area contributed by atoms with E-state index >= 15 is 0 Å². The van der Waals surface area contributed by atoms with Crippen LogP contribution >= 0.6 is 0 Å². The molecule has 3 rings (SSSR count). The smallest absolute Gasteiger partial charge is 0.200 e. The Bertz CT molecular complexity index is 818. The Balaban J connectivity index is 1.94. The van der Waals surface area contributed by atoms with Crippen LogP contribution in [0.15, 0.2) is 41.6 Å². The standard InChI is InChI=1S/C18H21NO3S/c1-18(2,3)23(20,21)17-7-6-15(11-19-17)13-4-5-16-12-22-9-8-14(16)10-13/h4-7,10-11H,8-9,12H2,1-3H3. The number of benzene rings is 1. The van der Waals surface area contributed by atoms with Crippen molar-refractivity contribution in [2.24, 2.45) is 0 Å².